The highest BCUT2D eigenvalue weighted by atomic mass is 19.4. The SMILES string of the molecule is O=C(NCCN1CCC(n2nnc3ccccc32)CC1)c1cnc2ccccc2c1.O=C(O)C(F)(F)F.O=C(O)C(F)(F)F. The average Bonchev–Trinajstić information content (AvgIpc) is 3.41. The van der Waals surface area contributed by atoms with E-state index in [2.05, 4.69) is 36.3 Å². The predicted octanol–water partition coefficient (Wildman–Crippen LogP) is 4.31. The molecule has 3 heterocycles. The van der Waals surface area contributed by atoms with Gasteiger partial charge >= 0.3 is 24.3 Å². The molecule has 1 fully saturated rings. The Labute approximate surface area is 245 Å². The van der Waals surface area contributed by atoms with Crippen molar-refractivity contribution in [1.29, 1.82) is 0 Å². The molecule has 1 amide bonds. The summed E-state index contributed by atoms with van der Waals surface area (Å²) in [7, 11) is 0. The third kappa shape index (κ3) is 9.62. The standard InChI is InChI=1S/C23H24N6O.2C2HF3O2/c30-23(18-15-17-5-1-2-6-20(17)25-16-18)24-11-14-28-12-9-19(10-13-28)29-22-8-4-3-7-21(22)26-27-29;2*3-2(4,5)1(6)7/h1-8,15-16,19H,9-14H2,(H,24,30);2*(H,6,7). The number of carbonyl (C=O) groups is 3. The number of aromatic nitrogens is 4. The number of nitrogens with one attached hydrogen (secondary N) is 1. The van der Waals surface area contributed by atoms with E-state index in [-0.39, 0.29) is 5.91 Å². The van der Waals surface area contributed by atoms with Crippen LogP contribution in [0.4, 0.5) is 26.3 Å². The summed E-state index contributed by atoms with van der Waals surface area (Å²) in [6, 6.07) is 18.2. The van der Waals surface area contributed by atoms with Crippen molar-refractivity contribution in [2.45, 2.75) is 31.2 Å². The van der Waals surface area contributed by atoms with Gasteiger partial charge in [-0.1, -0.05) is 35.5 Å². The van der Waals surface area contributed by atoms with Crippen molar-refractivity contribution in [3.8, 4) is 0 Å². The minimum atomic E-state index is -5.08. The third-order valence-electron chi connectivity index (χ3n) is 6.33. The highest BCUT2D eigenvalue weighted by Gasteiger charge is 2.38. The molecule has 0 atom stereocenters. The van der Waals surface area contributed by atoms with Crippen LogP contribution in [0.1, 0.15) is 29.2 Å². The van der Waals surface area contributed by atoms with Gasteiger partial charge in [0.15, 0.2) is 0 Å². The summed E-state index contributed by atoms with van der Waals surface area (Å²) >= 11 is 0. The van der Waals surface area contributed by atoms with Gasteiger partial charge in [-0.15, -0.1) is 5.10 Å². The molecule has 3 N–H and O–H groups in total. The van der Waals surface area contributed by atoms with Gasteiger partial charge in [-0.2, -0.15) is 26.3 Å². The van der Waals surface area contributed by atoms with Crippen molar-refractivity contribution in [1.82, 2.24) is 30.2 Å². The molecule has 0 saturated carbocycles. The fourth-order valence-corrected chi connectivity index (χ4v) is 4.17. The van der Waals surface area contributed by atoms with E-state index >= 15 is 0 Å². The van der Waals surface area contributed by atoms with Crippen LogP contribution in [0.25, 0.3) is 21.9 Å². The fraction of sp³-hybridized carbons (Fsp3) is 0.333. The maximum Gasteiger partial charge on any atom is 0.490 e. The first-order valence-corrected chi connectivity index (χ1v) is 12.9. The van der Waals surface area contributed by atoms with Crippen LogP contribution >= 0.6 is 0 Å². The van der Waals surface area contributed by atoms with Crippen molar-refractivity contribution < 1.29 is 50.9 Å². The number of benzene rings is 2. The van der Waals surface area contributed by atoms with Gasteiger partial charge in [-0.3, -0.25) is 9.78 Å². The molecule has 2 aromatic carbocycles. The van der Waals surface area contributed by atoms with Crippen LogP contribution in [0, 0.1) is 0 Å². The average molecular weight is 629 g/mol. The zero-order chi connectivity index (χ0) is 32.5. The predicted molar refractivity (Wildman–Crippen MR) is 144 cm³/mol. The second kappa shape index (κ2) is 14.6. The Morgan fingerprint density at radius 3 is 2.00 bits per heavy atom. The monoisotopic (exact) mass is 628 g/mol. The van der Waals surface area contributed by atoms with E-state index in [9.17, 15) is 31.1 Å². The van der Waals surface area contributed by atoms with Crippen LogP contribution in [0.5, 0.6) is 0 Å². The van der Waals surface area contributed by atoms with Gasteiger partial charge in [0.1, 0.15) is 5.52 Å². The summed E-state index contributed by atoms with van der Waals surface area (Å²) in [5.74, 6) is -5.59. The Morgan fingerprint density at radius 1 is 0.864 bits per heavy atom. The topological polar surface area (TPSA) is 151 Å². The molecule has 0 spiro atoms. The largest absolute Gasteiger partial charge is 0.490 e. The number of rotatable bonds is 5. The molecule has 2 aromatic heterocycles. The smallest absolute Gasteiger partial charge is 0.475 e. The van der Waals surface area contributed by atoms with Crippen LogP contribution in [-0.2, 0) is 9.59 Å². The number of carboxylic acid groups (broad SMARTS) is 2. The number of aliphatic carboxylic acids is 2. The van der Waals surface area contributed by atoms with Crippen molar-refractivity contribution in [3.63, 3.8) is 0 Å². The third-order valence-corrected chi connectivity index (χ3v) is 6.33. The molecular weight excluding hydrogens is 602 g/mol. The highest BCUT2D eigenvalue weighted by Crippen LogP contribution is 2.25. The van der Waals surface area contributed by atoms with E-state index in [0.29, 0.717) is 18.2 Å². The number of carbonyl (C=O) groups excluding carboxylic acids is 1. The van der Waals surface area contributed by atoms with Gasteiger partial charge < -0.3 is 20.4 Å². The highest BCUT2D eigenvalue weighted by molar-refractivity contribution is 5.97. The normalized spacial score (nSPS) is 14.2. The Balaban J connectivity index is 0.000000317. The van der Waals surface area contributed by atoms with Gasteiger partial charge in [-0.05, 0) is 37.1 Å². The molecule has 11 nitrogen and oxygen atoms in total. The number of para-hydroxylation sites is 2. The number of hydrogen-bond donors (Lipinski definition) is 3. The first-order chi connectivity index (χ1) is 20.7. The lowest BCUT2D eigenvalue weighted by Gasteiger charge is -2.32. The van der Waals surface area contributed by atoms with E-state index in [1.54, 1.807) is 6.20 Å². The quantitative estimate of drug-likeness (QED) is 0.275. The first-order valence-electron chi connectivity index (χ1n) is 12.9. The van der Waals surface area contributed by atoms with Crippen molar-refractivity contribution >= 4 is 39.8 Å². The summed E-state index contributed by atoms with van der Waals surface area (Å²) in [4.78, 5) is 37.0. The lowest BCUT2D eigenvalue weighted by molar-refractivity contribution is -0.193. The molecule has 0 radical (unpaired) electrons. The van der Waals surface area contributed by atoms with Crippen LogP contribution < -0.4 is 5.32 Å². The molecule has 1 aliphatic rings. The maximum absolute atomic E-state index is 12.5. The minimum absolute atomic E-state index is 0.0720. The van der Waals surface area contributed by atoms with E-state index < -0.39 is 24.3 Å². The molecule has 0 unspecified atom stereocenters. The molecule has 1 saturated heterocycles. The fourth-order valence-electron chi connectivity index (χ4n) is 4.17. The minimum Gasteiger partial charge on any atom is -0.475 e. The van der Waals surface area contributed by atoms with Crippen molar-refractivity contribution in [2.24, 2.45) is 0 Å². The van der Waals surface area contributed by atoms with Crippen molar-refractivity contribution in [3.05, 3.63) is 66.4 Å². The van der Waals surface area contributed by atoms with Gasteiger partial charge in [0.05, 0.1) is 22.6 Å². The number of amides is 1. The number of alkyl halides is 6. The van der Waals surface area contributed by atoms with Gasteiger partial charge in [0, 0.05) is 37.8 Å². The zero-order valence-electron chi connectivity index (χ0n) is 22.7. The van der Waals surface area contributed by atoms with Crippen LogP contribution in [0.15, 0.2) is 60.8 Å². The van der Waals surface area contributed by atoms with Gasteiger partial charge in [0.2, 0.25) is 0 Å². The number of hydrogen-bond acceptors (Lipinski definition) is 7. The molecule has 1 aliphatic heterocycles. The lowest BCUT2D eigenvalue weighted by atomic mass is 10.0. The van der Waals surface area contributed by atoms with Crippen LogP contribution in [-0.4, -0.2) is 91.5 Å². The second-order valence-electron chi connectivity index (χ2n) is 9.37. The number of fused-ring (bicyclic) bond motifs is 2. The Bertz CT molecular complexity index is 1560. The number of pyridine rings is 1. The molecule has 17 heteroatoms. The lowest BCUT2D eigenvalue weighted by Crippen LogP contribution is -2.40. The van der Waals surface area contributed by atoms with E-state index in [1.165, 1.54) is 0 Å². The summed E-state index contributed by atoms with van der Waals surface area (Å²) < 4.78 is 65.5. The molecule has 4 aromatic rings. The summed E-state index contributed by atoms with van der Waals surface area (Å²) in [5.41, 5.74) is 3.56. The molecule has 44 heavy (non-hydrogen) atoms. The second-order valence-corrected chi connectivity index (χ2v) is 9.37. The van der Waals surface area contributed by atoms with Gasteiger partial charge in [0.25, 0.3) is 5.91 Å². The van der Waals surface area contributed by atoms with Crippen LogP contribution in [0.3, 0.4) is 0 Å². The van der Waals surface area contributed by atoms with Crippen molar-refractivity contribution in [2.75, 3.05) is 26.2 Å². The molecule has 0 bridgehead atoms. The first kappa shape index (κ1) is 33.7. The van der Waals surface area contributed by atoms with Gasteiger partial charge in [-0.25, -0.2) is 14.3 Å². The Kier molecular flexibility index (Phi) is 11.2. The van der Waals surface area contributed by atoms with E-state index in [0.717, 1.165) is 54.4 Å². The Hall–Kier alpha value is -4.80. The number of halogens is 6. The van der Waals surface area contributed by atoms with E-state index in [4.69, 9.17) is 19.8 Å². The summed E-state index contributed by atoms with van der Waals surface area (Å²) in [5, 5.41) is 26.9. The number of piperidine rings is 1. The molecule has 5 rings (SSSR count). The number of likely N-dealkylation sites (tertiary alicyclic amines) is 1. The molecule has 0 aliphatic carbocycles. The maximum atomic E-state index is 12.5. The molecular formula is C27H26F6N6O5. The molecule has 236 valence electrons. The Morgan fingerprint density at radius 2 is 1.41 bits per heavy atom. The number of nitrogens with zero attached hydrogens (tertiary/aromatic N) is 5. The summed E-state index contributed by atoms with van der Waals surface area (Å²) in [6.45, 7) is 3.46. The summed E-state index contributed by atoms with van der Waals surface area (Å²) in [6.07, 6.45) is -6.45. The van der Waals surface area contributed by atoms with E-state index in [1.807, 2.05) is 48.5 Å². The van der Waals surface area contributed by atoms with Crippen LogP contribution in [0.2, 0.25) is 0 Å². The zero-order valence-corrected chi connectivity index (χ0v) is 22.7. The number of carboxylic acids is 2.